The number of carbonyl (C=O) groups is 1. The molecule has 3 N–H and O–H groups in total. The van der Waals surface area contributed by atoms with Crippen LogP contribution < -0.4 is 15.8 Å². The van der Waals surface area contributed by atoms with Crippen LogP contribution in [0.1, 0.15) is 23.0 Å². The lowest BCUT2D eigenvalue weighted by Gasteiger charge is -2.09. The van der Waals surface area contributed by atoms with Gasteiger partial charge in [-0.2, -0.15) is 0 Å². The Balaban J connectivity index is 2.13. The van der Waals surface area contributed by atoms with Gasteiger partial charge in [0.05, 0.1) is 29.7 Å². The van der Waals surface area contributed by atoms with Gasteiger partial charge in [-0.25, -0.2) is 0 Å². The van der Waals surface area contributed by atoms with Crippen molar-refractivity contribution in [3.8, 4) is 5.75 Å². The largest absolute Gasteiger partial charge is 0.494 e. The van der Waals surface area contributed by atoms with E-state index in [0.29, 0.717) is 29.2 Å². The molecule has 5 nitrogen and oxygen atoms in total. The second-order valence-electron chi connectivity index (χ2n) is 4.31. The van der Waals surface area contributed by atoms with Gasteiger partial charge in [0.25, 0.3) is 5.91 Å². The molecule has 1 heterocycles. The number of amides is 1. The Labute approximate surface area is 117 Å². The van der Waals surface area contributed by atoms with Gasteiger partial charge in [0.15, 0.2) is 0 Å². The second-order valence-corrected chi connectivity index (χ2v) is 4.31. The van der Waals surface area contributed by atoms with E-state index in [1.807, 2.05) is 19.1 Å². The number of carbonyl (C=O) groups excluding carboxylic acids is 1. The normalized spacial score (nSPS) is 10.1. The quantitative estimate of drug-likeness (QED) is 0.896. The molecule has 2 rings (SSSR count). The maximum atomic E-state index is 12.2. The second kappa shape index (κ2) is 6.06. The van der Waals surface area contributed by atoms with Crippen LogP contribution in [0.4, 0.5) is 11.4 Å². The van der Waals surface area contributed by atoms with Crippen molar-refractivity contribution in [2.45, 2.75) is 13.8 Å². The number of aromatic nitrogens is 1. The lowest BCUT2D eigenvalue weighted by molar-refractivity contribution is 0.102. The highest BCUT2D eigenvalue weighted by atomic mass is 16.5. The van der Waals surface area contributed by atoms with Crippen LogP contribution in [-0.2, 0) is 0 Å². The fourth-order valence-corrected chi connectivity index (χ4v) is 1.78. The van der Waals surface area contributed by atoms with E-state index in [-0.39, 0.29) is 5.91 Å². The summed E-state index contributed by atoms with van der Waals surface area (Å²) < 4.78 is 5.35. The molecule has 0 radical (unpaired) electrons. The highest BCUT2D eigenvalue weighted by Gasteiger charge is 2.10. The van der Waals surface area contributed by atoms with E-state index in [0.717, 1.165) is 5.75 Å². The van der Waals surface area contributed by atoms with Gasteiger partial charge in [0.1, 0.15) is 5.75 Å². The summed E-state index contributed by atoms with van der Waals surface area (Å²) in [6, 6.07) is 8.81. The van der Waals surface area contributed by atoms with Crippen molar-refractivity contribution in [1.82, 2.24) is 4.98 Å². The Hall–Kier alpha value is -2.56. The molecule has 0 unspecified atom stereocenters. The van der Waals surface area contributed by atoms with Crippen LogP contribution in [0, 0.1) is 6.92 Å². The van der Waals surface area contributed by atoms with Crippen molar-refractivity contribution in [2.75, 3.05) is 17.7 Å². The number of rotatable bonds is 4. The number of nitrogens with zero attached hydrogens (tertiary/aromatic N) is 1. The van der Waals surface area contributed by atoms with E-state index >= 15 is 0 Å². The molecule has 1 amide bonds. The maximum absolute atomic E-state index is 12.2. The molecular weight excluding hydrogens is 254 g/mol. The summed E-state index contributed by atoms with van der Waals surface area (Å²) in [7, 11) is 0. The summed E-state index contributed by atoms with van der Waals surface area (Å²) in [6.07, 6.45) is 1.53. The summed E-state index contributed by atoms with van der Waals surface area (Å²) in [6.45, 7) is 4.30. The molecule has 5 heteroatoms. The highest BCUT2D eigenvalue weighted by Crippen LogP contribution is 2.17. The number of nitrogens with one attached hydrogen (secondary N) is 1. The fourth-order valence-electron chi connectivity index (χ4n) is 1.78. The van der Waals surface area contributed by atoms with E-state index in [4.69, 9.17) is 10.5 Å². The first-order valence-electron chi connectivity index (χ1n) is 6.36. The van der Waals surface area contributed by atoms with E-state index in [9.17, 15) is 4.79 Å². The molecule has 0 aliphatic carbocycles. The van der Waals surface area contributed by atoms with Crippen LogP contribution in [0.15, 0.2) is 36.5 Å². The van der Waals surface area contributed by atoms with Crippen LogP contribution in [-0.4, -0.2) is 17.5 Å². The van der Waals surface area contributed by atoms with Gasteiger partial charge in [0, 0.05) is 5.69 Å². The van der Waals surface area contributed by atoms with Gasteiger partial charge >= 0.3 is 0 Å². The molecule has 2 aromatic rings. The molecule has 0 saturated carbocycles. The maximum Gasteiger partial charge on any atom is 0.257 e. The summed E-state index contributed by atoms with van der Waals surface area (Å²) >= 11 is 0. The molecule has 104 valence electrons. The van der Waals surface area contributed by atoms with E-state index in [1.54, 1.807) is 25.1 Å². The highest BCUT2D eigenvalue weighted by molar-refractivity contribution is 6.05. The van der Waals surface area contributed by atoms with Crippen LogP contribution >= 0.6 is 0 Å². The smallest absolute Gasteiger partial charge is 0.257 e. The van der Waals surface area contributed by atoms with Gasteiger partial charge in [-0.15, -0.1) is 0 Å². The molecule has 0 bridgehead atoms. The third-order valence-corrected chi connectivity index (χ3v) is 2.78. The molecule has 0 saturated heterocycles. The lowest BCUT2D eigenvalue weighted by Crippen LogP contribution is -2.14. The zero-order valence-corrected chi connectivity index (χ0v) is 11.5. The SMILES string of the molecule is CCOc1ccc(NC(=O)c2cc(N)cnc2C)cc1. The van der Waals surface area contributed by atoms with Gasteiger partial charge in [-0.3, -0.25) is 9.78 Å². The summed E-state index contributed by atoms with van der Waals surface area (Å²) in [4.78, 5) is 16.2. The van der Waals surface area contributed by atoms with E-state index in [2.05, 4.69) is 10.3 Å². The number of hydrogen-bond acceptors (Lipinski definition) is 4. The third kappa shape index (κ3) is 3.26. The Morgan fingerprint density at radius 1 is 1.35 bits per heavy atom. The first-order chi connectivity index (χ1) is 9.60. The Kier molecular flexibility index (Phi) is 4.20. The Bertz CT molecular complexity index is 609. The van der Waals surface area contributed by atoms with E-state index in [1.165, 1.54) is 6.20 Å². The number of pyridine rings is 1. The number of benzene rings is 1. The van der Waals surface area contributed by atoms with Crippen molar-refractivity contribution < 1.29 is 9.53 Å². The van der Waals surface area contributed by atoms with Crippen molar-refractivity contribution in [3.63, 3.8) is 0 Å². The number of hydrogen-bond donors (Lipinski definition) is 2. The summed E-state index contributed by atoms with van der Waals surface area (Å²) in [5, 5.41) is 2.81. The molecule has 20 heavy (non-hydrogen) atoms. The topological polar surface area (TPSA) is 77.2 Å². The monoisotopic (exact) mass is 271 g/mol. The van der Waals surface area contributed by atoms with Gasteiger partial charge < -0.3 is 15.8 Å². The number of aryl methyl sites for hydroxylation is 1. The average Bonchev–Trinajstić information content (AvgIpc) is 2.44. The molecule has 0 fully saturated rings. The molecule has 0 aliphatic heterocycles. The standard InChI is InChI=1S/C15H17N3O2/c1-3-20-13-6-4-12(5-7-13)18-15(19)14-8-11(16)9-17-10(14)2/h4-9H,3,16H2,1-2H3,(H,18,19). The Morgan fingerprint density at radius 2 is 2.05 bits per heavy atom. The van der Waals surface area contributed by atoms with Crippen molar-refractivity contribution in [3.05, 3.63) is 47.8 Å². The average molecular weight is 271 g/mol. The van der Waals surface area contributed by atoms with Crippen LogP contribution in [0.2, 0.25) is 0 Å². The third-order valence-electron chi connectivity index (χ3n) is 2.78. The van der Waals surface area contributed by atoms with Crippen LogP contribution in [0.3, 0.4) is 0 Å². The van der Waals surface area contributed by atoms with Gasteiger partial charge in [-0.1, -0.05) is 0 Å². The van der Waals surface area contributed by atoms with Crippen molar-refractivity contribution in [1.29, 1.82) is 0 Å². The van der Waals surface area contributed by atoms with Crippen LogP contribution in [0.25, 0.3) is 0 Å². The predicted octanol–water partition coefficient (Wildman–Crippen LogP) is 2.62. The minimum Gasteiger partial charge on any atom is -0.494 e. The first-order valence-corrected chi connectivity index (χ1v) is 6.36. The number of nitrogens with two attached hydrogens (primary N) is 1. The lowest BCUT2D eigenvalue weighted by atomic mass is 10.1. The molecule has 0 aliphatic rings. The van der Waals surface area contributed by atoms with Crippen molar-refractivity contribution in [2.24, 2.45) is 0 Å². The minimum atomic E-state index is -0.230. The zero-order valence-electron chi connectivity index (χ0n) is 11.5. The van der Waals surface area contributed by atoms with Gasteiger partial charge in [-0.05, 0) is 44.2 Å². The zero-order chi connectivity index (χ0) is 14.5. The van der Waals surface area contributed by atoms with Gasteiger partial charge in [0.2, 0.25) is 0 Å². The fraction of sp³-hybridized carbons (Fsp3) is 0.200. The predicted molar refractivity (Wildman–Crippen MR) is 79.0 cm³/mol. The Morgan fingerprint density at radius 3 is 2.70 bits per heavy atom. The van der Waals surface area contributed by atoms with Crippen molar-refractivity contribution >= 4 is 17.3 Å². The number of anilines is 2. The molecule has 0 spiro atoms. The first kappa shape index (κ1) is 13.9. The van der Waals surface area contributed by atoms with Crippen LogP contribution in [0.5, 0.6) is 5.75 Å². The number of nitrogen functional groups attached to an aromatic ring is 1. The molecular formula is C15H17N3O2. The number of ether oxygens (including phenoxy) is 1. The summed E-state index contributed by atoms with van der Waals surface area (Å²) in [5.74, 6) is 0.541. The molecule has 1 aromatic carbocycles. The molecule has 0 atom stereocenters. The summed E-state index contributed by atoms with van der Waals surface area (Å²) in [5.41, 5.74) is 7.93. The minimum absolute atomic E-state index is 0.230. The molecule has 1 aromatic heterocycles. The van der Waals surface area contributed by atoms with E-state index < -0.39 is 0 Å².